The molecule has 4 heterocycles. The number of carbonyl (C=O) groups is 3. The van der Waals surface area contributed by atoms with Gasteiger partial charge in [-0.25, -0.2) is 9.50 Å². The highest BCUT2D eigenvalue weighted by Crippen LogP contribution is 2.54. The number of carboxylic acids is 1. The summed E-state index contributed by atoms with van der Waals surface area (Å²) in [7, 11) is 0. The predicted octanol–water partition coefficient (Wildman–Crippen LogP) is 2.38. The van der Waals surface area contributed by atoms with Gasteiger partial charge >= 0.3 is 5.97 Å². The number of hydrogen-bond donors (Lipinski definition) is 3. The maximum Gasteiger partial charge on any atom is 0.319 e. The molecule has 1 aliphatic heterocycles. The van der Waals surface area contributed by atoms with Gasteiger partial charge in [0, 0.05) is 25.7 Å². The SMILES string of the molecule is CCn1nccc1C(=O)N[C@H](c1cn2nc(C[C@]3(C(=O)O)CCCNC3=O)ccc2n1)C(C1CC1)C1CC1. The normalized spacial score (nSPS) is 22.4. The molecule has 3 N–H and O–H groups in total. The van der Waals surface area contributed by atoms with Crippen molar-refractivity contribution in [1.82, 2.24) is 35.0 Å². The summed E-state index contributed by atoms with van der Waals surface area (Å²) in [5.41, 5.74) is 0.873. The number of nitrogens with zero attached hydrogens (tertiary/aromatic N) is 5. The Morgan fingerprint density at radius 1 is 1.21 bits per heavy atom. The Labute approximate surface area is 220 Å². The maximum absolute atomic E-state index is 13.4. The molecule has 11 nitrogen and oxygen atoms in total. The minimum absolute atomic E-state index is 0.00552. The highest BCUT2D eigenvalue weighted by atomic mass is 16.4. The number of carbonyl (C=O) groups excluding carboxylic acids is 2. The lowest BCUT2D eigenvalue weighted by Crippen LogP contribution is -2.52. The monoisotopic (exact) mass is 519 g/mol. The van der Waals surface area contributed by atoms with E-state index in [-0.39, 0.29) is 24.8 Å². The van der Waals surface area contributed by atoms with Gasteiger partial charge in [0.05, 0.1) is 23.6 Å². The number of carboxylic acid groups (broad SMARTS) is 1. The average Bonchev–Trinajstić information content (AvgIpc) is 3.83. The van der Waals surface area contributed by atoms with Crippen LogP contribution in [0.2, 0.25) is 0 Å². The van der Waals surface area contributed by atoms with Crippen LogP contribution in [0.15, 0.2) is 30.6 Å². The molecule has 6 rings (SSSR count). The number of imidazole rings is 1. The van der Waals surface area contributed by atoms with Crippen molar-refractivity contribution >= 4 is 23.4 Å². The predicted molar refractivity (Wildman–Crippen MR) is 136 cm³/mol. The minimum Gasteiger partial charge on any atom is -0.480 e. The van der Waals surface area contributed by atoms with Crippen LogP contribution in [0, 0.1) is 23.2 Å². The van der Waals surface area contributed by atoms with Crippen LogP contribution >= 0.6 is 0 Å². The molecule has 0 radical (unpaired) electrons. The fourth-order valence-electron chi connectivity index (χ4n) is 6.07. The summed E-state index contributed by atoms with van der Waals surface area (Å²) >= 11 is 0. The molecule has 0 unspecified atom stereocenters. The second kappa shape index (κ2) is 9.52. The van der Waals surface area contributed by atoms with Crippen LogP contribution in [0.3, 0.4) is 0 Å². The highest BCUT2D eigenvalue weighted by Gasteiger charge is 2.49. The number of piperidine rings is 1. The molecule has 1 saturated heterocycles. The number of nitrogens with one attached hydrogen (secondary N) is 2. The zero-order chi connectivity index (χ0) is 26.4. The quantitative estimate of drug-likeness (QED) is 0.349. The third-order valence-electron chi connectivity index (χ3n) is 8.36. The van der Waals surface area contributed by atoms with Gasteiger partial charge in [-0.3, -0.25) is 19.1 Å². The lowest BCUT2D eigenvalue weighted by atomic mass is 9.76. The smallest absolute Gasteiger partial charge is 0.319 e. The van der Waals surface area contributed by atoms with Crippen LogP contribution < -0.4 is 10.6 Å². The number of aryl methyl sites for hydroxylation is 1. The number of rotatable bonds is 10. The van der Waals surface area contributed by atoms with Gasteiger partial charge in [0.1, 0.15) is 5.69 Å². The first-order valence-electron chi connectivity index (χ1n) is 13.6. The first-order valence-corrected chi connectivity index (χ1v) is 13.6. The molecular weight excluding hydrogens is 486 g/mol. The van der Waals surface area contributed by atoms with Gasteiger partial charge in [-0.05, 0) is 81.4 Å². The van der Waals surface area contributed by atoms with Crippen molar-refractivity contribution in [1.29, 1.82) is 0 Å². The molecule has 200 valence electrons. The fourth-order valence-corrected chi connectivity index (χ4v) is 6.07. The summed E-state index contributed by atoms with van der Waals surface area (Å²) in [5.74, 6) is -0.320. The lowest BCUT2D eigenvalue weighted by molar-refractivity contribution is -0.158. The van der Waals surface area contributed by atoms with Gasteiger partial charge in [0.15, 0.2) is 11.1 Å². The highest BCUT2D eigenvalue weighted by molar-refractivity contribution is 6.02. The number of aromatic nitrogens is 5. The molecule has 38 heavy (non-hydrogen) atoms. The van der Waals surface area contributed by atoms with E-state index >= 15 is 0 Å². The van der Waals surface area contributed by atoms with Gasteiger partial charge in [0.25, 0.3) is 5.91 Å². The van der Waals surface area contributed by atoms with Crippen molar-refractivity contribution < 1.29 is 19.5 Å². The van der Waals surface area contributed by atoms with Gasteiger partial charge < -0.3 is 15.7 Å². The number of fused-ring (bicyclic) bond motifs is 1. The average molecular weight is 520 g/mol. The first-order chi connectivity index (χ1) is 18.4. The largest absolute Gasteiger partial charge is 0.480 e. The zero-order valence-electron chi connectivity index (χ0n) is 21.5. The molecule has 0 spiro atoms. The third kappa shape index (κ3) is 4.43. The van der Waals surface area contributed by atoms with E-state index in [1.807, 2.05) is 13.1 Å². The van der Waals surface area contributed by atoms with Crippen LogP contribution in [0.5, 0.6) is 0 Å². The third-order valence-corrected chi connectivity index (χ3v) is 8.36. The molecule has 2 saturated carbocycles. The second-order valence-corrected chi connectivity index (χ2v) is 11.0. The summed E-state index contributed by atoms with van der Waals surface area (Å²) in [5, 5.41) is 24.8. The van der Waals surface area contributed by atoms with E-state index in [1.165, 1.54) is 0 Å². The van der Waals surface area contributed by atoms with Gasteiger partial charge in [0.2, 0.25) is 5.91 Å². The molecule has 0 aromatic carbocycles. The van der Waals surface area contributed by atoms with Crippen LogP contribution in [0.1, 0.15) is 73.4 Å². The summed E-state index contributed by atoms with van der Waals surface area (Å²) in [6.45, 7) is 3.04. The van der Waals surface area contributed by atoms with Crippen LogP contribution in [0.25, 0.3) is 5.65 Å². The molecule has 3 aromatic rings. The van der Waals surface area contributed by atoms with Crippen molar-refractivity contribution in [2.24, 2.45) is 23.2 Å². The second-order valence-electron chi connectivity index (χ2n) is 11.0. The first kappa shape index (κ1) is 24.6. The topological polar surface area (TPSA) is 144 Å². The van der Waals surface area contributed by atoms with Gasteiger partial charge in [-0.1, -0.05) is 0 Å². The molecule has 3 aliphatic rings. The Bertz CT molecular complexity index is 1380. The lowest BCUT2D eigenvalue weighted by Gasteiger charge is -2.31. The molecule has 3 aromatic heterocycles. The van der Waals surface area contributed by atoms with E-state index in [1.54, 1.807) is 33.6 Å². The van der Waals surface area contributed by atoms with Crippen molar-refractivity contribution in [2.75, 3.05) is 6.54 Å². The molecule has 0 bridgehead atoms. The number of amides is 2. The van der Waals surface area contributed by atoms with E-state index in [9.17, 15) is 19.5 Å². The number of hydrogen-bond acceptors (Lipinski definition) is 6. The van der Waals surface area contributed by atoms with E-state index in [4.69, 9.17) is 4.98 Å². The Morgan fingerprint density at radius 2 is 1.97 bits per heavy atom. The molecule has 3 fully saturated rings. The molecular formula is C27H33N7O4. The summed E-state index contributed by atoms with van der Waals surface area (Å²) in [6.07, 6.45) is 9.02. The summed E-state index contributed by atoms with van der Waals surface area (Å²) in [6, 6.07) is 5.01. The zero-order valence-corrected chi connectivity index (χ0v) is 21.5. The standard InChI is InChI=1S/C27H33N7O4/c1-2-33-20(10-13-29-33)24(35)31-23(22(16-4-5-16)17-6-7-17)19-15-34-21(30-19)9-8-18(32-34)14-27(26(37)38)11-3-12-28-25(27)36/h8-10,13,15-17,22-23H,2-7,11-12,14H2,1H3,(H,28,36)(H,31,35)(H,37,38)/t23-,27-/m1/s1. The van der Waals surface area contributed by atoms with Gasteiger partial charge in [-0.15, -0.1) is 0 Å². The fraction of sp³-hybridized carbons (Fsp3) is 0.556. The Balaban J connectivity index is 1.32. The van der Waals surface area contributed by atoms with E-state index in [2.05, 4.69) is 20.8 Å². The van der Waals surface area contributed by atoms with Crippen LogP contribution in [-0.4, -0.2) is 53.8 Å². The Hall–Kier alpha value is -3.76. The van der Waals surface area contributed by atoms with Crippen molar-refractivity contribution in [3.63, 3.8) is 0 Å². The maximum atomic E-state index is 13.4. The van der Waals surface area contributed by atoms with E-state index < -0.39 is 17.3 Å². The van der Waals surface area contributed by atoms with E-state index in [0.29, 0.717) is 54.3 Å². The minimum atomic E-state index is -1.52. The number of aliphatic carboxylic acids is 1. The van der Waals surface area contributed by atoms with Crippen LogP contribution in [-0.2, 0) is 22.6 Å². The molecule has 2 atom stereocenters. The van der Waals surface area contributed by atoms with Crippen molar-refractivity contribution in [3.8, 4) is 0 Å². The molecule has 2 aliphatic carbocycles. The van der Waals surface area contributed by atoms with Crippen LogP contribution in [0.4, 0.5) is 0 Å². The van der Waals surface area contributed by atoms with Gasteiger partial charge in [-0.2, -0.15) is 10.2 Å². The Morgan fingerprint density at radius 3 is 2.63 bits per heavy atom. The molecule has 11 heteroatoms. The summed E-state index contributed by atoms with van der Waals surface area (Å²) in [4.78, 5) is 43.0. The van der Waals surface area contributed by atoms with Crippen molar-refractivity contribution in [2.45, 2.75) is 64.5 Å². The van der Waals surface area contributed by atoms with Crippen molar-refractivity contribution in [3.05, 3.63) is 47.7 Å². The van der Waals surface area contributed by atoms with E-state index in [0.717, 1.165) is 31.4 Å². The molecule has 2 amide bonds. The summed E-state index contributed by atoms with van der Waals surface area (Å²) < 4.78 is 3.33. The Kier molecular flexibility index (Phi) is 6.16.